The fourth-order valence-corrected chi connectivity index (χ4v) is 3.21. The minimum atomic E-state index is -0.820. The molecule has 0 radical (unpaired) electrons. The molecule has 1 aliphatic heterocycles. The maximum atomic E-state index is 11.8. The lowest BCUT2D eigenvalue weighted by Gasteiger charge is -2.13. The molecule has 2 rings (SSSR count). The topological polar surface area (TPSA) is 78.4 Å². The Labute approximate surface area is 122 Å². The van der Waals surface area contributed by atoms with Gasteiger partial charge in [0.25, 0.3) is 0 Å². The Morgan fingerprint density at radius 3 is 2.95 bits per heavy atom. The summed E-state index contributed by atoms with van der Waals surface area (Å²) in [7, 11) is 0. The van der Waals surface area contributed by atoms with Gasteiger partial charge in [0.15, 0.2) is 0 Å². The van der Waals surface area contributed by atoms with Gasteiger partial charge in [0.05, 0.1) is 0 Å². The number of carbonyl (C=O) groups is 2. The molecule has 1 saturated heterocycles. The minimum absolute atomic E-state index is 0.0922. The van der Waals surface area contributed by atoms with Gasteiger partial charge in [0.1, 0.15) is 0 Å². The molecule has 0 bridgehead atoms. The van der Waals surface area contributed by atoms with E-state index in [2.05, 4.69) is 10.6 Å². The third-order valence-corrected chi connectivity index (χ3v) is 4.24. The summed E-state index contributed by atoms with van der Waals surface area (Å²) in [5.41, 5.74) is 1.60. The summed E-state index contributed by atoms with van der Waals surface area (Å²) in [5.74, 6) is 1.24. The number of carboxylic acid groups (broad SMARTS) is 1. The largest absolute Gasteiger partial charge is 0.481 e. The highest BCUT2D eigenvalue weighted by atomic mass is 32.2. The number of thioether (sulfide) groups is 1. The molecule has 1 fully saturated rings. The number of urea groups is 1. The number of carbonyl (C=O) groups excluding carboxylic acids is 1. The van der Waals surface area contributed by atoms with Crippen LogP contribution in [-0.4, -0.2) is 34.7 Å². The van der Waals surface area contributed by atoms with Crippen molar-refractivity contribution in [2.45, 2.75) is 25.3 Å². The number of carboxylic acids is 1. The third-order valence-electron chi connectivity index (χ3n) is 3.08. The van der Waals surface area contributed by atoms with E-state index in [1.165, 1.54) is 0 Å². The highest BCUT2D eigenvalue weighted by Gasteiger charge is 2.17. The number of hydrogen-bond acceptors (Lipinski definition) is 3. The molecule has 0 aliphatic carbocycles. The molecule has 0 spiro atoms. The number of aliphatic carboxylic acids is 1. The average Bonchev–Trinajstić information content (AvgIpc) is 2.89. The second-order valence-corrected chi connectivity index (χ2v) is 5.90. The van der Waals surface area contributed by atoms with Crippen molar-refractivity contribution in [1.29, 1.82) is 0 Å². The lowest BCUT2D eigenvalue weighted by atomic mass is 10.1. The second-order valence-electron chi connectivity index (χ2n) is 4.75. The van der Waals surface area contributed by atoms with Crippen molar-refractivity contribution >= 4 is 29.4 Å². The molecule has 5 nitrogen and oxygen atoms in total. The van der Waals surface area contributed by atoms with Crippen molar-refractivity contribution in [1.82, 2.24) is 5.32 Å². The number of aryl methyl sites for hydroxylation is 1. The van der Waals surface area contributed by atoms with E-state index in [0.717, 1.165) is 23.5 Å². The van der Waals surface area contributed by atoms with Crippen LogP contribution in [0.5, 0.6) is 0 Å². The fraction of sp³-hybridized carbons (Fsp3) is 0.429. The van der Waals surface area contributed by atoms with Crippen LogP contribution >= 0.6 is 11.8 Å². The zero-order valence-corrected chi connectivity index (χ0v) is 11.9. The molecule has 2 amide bonds. The van der Waals surface area contributed by atoms with Crippen LogP contribution in [0.1, 0.15) is 18.4 Å². The van der Waals surface area contributed by atoms with Gasteiger partial charge in [-0.05, 0) is 36.3 Å². The van der Waals surface area contributed by atoms with Gasteiger partial charge in [-0.2, -0.15) is 11.8 Å². The molecule has 1 aromatic rings. The second kappa shape index (κ2) is 7.19. The number of hydrogen-bond donors (Lipinski definition) is 3. The highest BCUT2D eigenvalue weighted by Crippen LogP contribution is 2.17. The van der Waals surface area contributed by atoms with Crippen molar-refractivity contribution < 1.29 is 14.7 Å². The maximum absolute atomic E-state index is 11.8. The SMILES string of the molecule is O=C(O)CCc1cccc(NC(=O)NC2CCSC2)c1. The zero-order chi connectivity index (χ0) is 14.4. The molecule has 1 heterocycles. The van der Waals surface area contributed by atoms with Crippen LogP contribution < -0.4 is 10.6 Å². The molecule has 1 unspecified atom stereocenters. The van der Waals surface area contributed by atoms with E-state index in [-0.39, 0.29) is 18.5 Å². The van der Waals surface area contributed by atoms with Gasteiger partial charge in [0, 0.05) is 23.9 Å². The Morgan fingerprint density at radius 2 is 2.25 bits per heavy atom. The van der Waals surface area contributed by atoms with Crippen LogP contribution in [0.4, 0.5) is 10.5 Å². The lowest BCUT2D eigenvalue weighted by Crippen LogP contribution is -2.37. The van der Waals surface area contributed by atoms with Crippen molar-refractivity contribution in [3.8, 4) is 0 Å². The van der Waals surface area contributed by atoms with Crippen molar-refractivity contribution in [2.75, 3.05) is 16.8 Å². The first kappa shape index (κ1) is 14.7. The van der Waals surface area contributed by atoms with Gasteiger partial charge in [-0.15, -0.1) is 0 Å². The summed E-state index contributed by atoms with van der Waals surface area (Å²) in [6.07, 6.45) is 1.57. The third kappa shape index (κ3) is 4.77. The van der Waals surface area contributed by atoms with Gasteiger partial charge >= 0.3 is 12.0 Å². The Balaban J connectivity index is 1.86. The normalized spacial score (nSPS) is 17.7. The molecule has 1 atom stereocenters. The Bertz CT molecular complexity index is 487. The summed E-state index contributed by atoms with van der Waals surface area (Å²) in [6.45, 7) is 0. The van der Waals surface area contributed by atoms with E-state index in [9.17, 15) is 9.59 Å². The smallest absolute Gasteiger partial charge is 0.319 e. The van der Waals surface area contributed by atoms with Gasteiger partial charge < -0.3 is 15.7 Å². The predicted octanol–water partition coefficient (Wildman–Crippen LogP) is 2.33. The van der Waals surface area contributed by atoms with E-state index < -0.39 is 5.97 Å². The summed E-state index contributed by atoms with van der Waals surface area (Å²) < 4.78 is 0. The van der Waals surface area contributed by atoms with E-state index in [1.807, 2.05) is 30.0 Å². The lowest BCUT2D eigenvalue weighted by molar-refractivity contribution is -0.136. The number of nitrogens with one attached hydrogen (secondary N) is 2. The van der Waals surface area contributed by atoms with E-state index >= 15 is 0 Å². The number of benzene rings is 1. The maximum Gasteiger partial charge on any atom is 0.319 e. The first-order chi connectivity index (χ1) is 9.63. The summed E-state index contributed by atoms with van der Waals surface area (Å²) >= 11 is 1.84. The molecule has 20 heavy (non-hydrogen) atoms. The molecule has 0 aromatic heterocycles. The van der Waals surface area contributed by atoms with Crippen LogP contribution in [0.15, 0.2) is 24.3 Å². The van der Waals surface area contributed by atoms with Gasteiger partial charge in [-0.25, -0.2) is 4.79 Å². The first-order valence-corrected chi connectivity index (χ1v) is 7.75. The Hall–Kier alpha value is -1.69. The number of amides is 2. The molecule has 0 saturated carbocycles. The predicted molar refractivity (Wildman–Crippen MR) is 80.3 cm³/mol. The van der Waals surface area contributed by atoms with Gasteiger partial charge in [0.2, 0.25) is 0 Å². The first-order valence-electron chi connectivity index (χ1n) is 6.59. The zero-order valence-electron chi connectivity index (χ0n) is 11.1. The standard InChI is InChI=1S/C14H18N2O3S/c17-13(18)5-4-10-2-1-3-11(8-10)15-14(19)16-12-6-7-20-9-12/h1-3,8,12H,4-7,9H2,(H,17,18)(H2,15,16,19). The summed E-state index contributed by atoms with van der Waals surface area (Å²) in [5, 5.41) is 14.4. The van der Waals surface area contributed by atoms with Crippen LogP contribution in [0.2, 0.25) is 0 Å². The van der Waals surface area contributed by atoms with Crippen LogP contribution in [0.25, 0.3) is 0 Å². The van der Waals surface area contributed by atoms with Gasteiger partial charge in [-0.1, -0.05) is 12.1 Å². The van der Waals surface area contributed by atoms with Crippen molar-refractivity contribution in [3.05, 3.63) is 29.8 Å². The average molecular weight is 294 g/mol. The van der Waals surface area contributed by atoms with Crippen LogP contribution in [0, 0.1) is 0 Å². The molecular weight excluding hydrogens is 276 g/mol. The minimum Gasteiger partial charge on any atom is -0.481 e. The molecule has 1 aliphatic rings. The van der Waals surface area contributed by atoms with E-state index in [0.29, 0.717) is 12.1 Å². The highest BCUT2D eigenvalue weighted by molar-refractivity contribution is 7.99. The summed E-state index contributed by atoms with van der Waals surface area (Å²) in [6, 6.07) is 7.33. The molecule has 3 N–H and O–H groups in total. The monoisotopic (exact) mass is 294 g/mol. The van der Waals surface area contributed by atoms with Crippen LogP contribution in [-0.2, 0) is 11.2 Å². The Kier molecular flexibility index (Phi) is 5.29. The Morgan fingerprint density at radius 1 is 1.40 bits per heavy atom. The quantitative estimate of drug-likeness (QED) is 0.779. The molecule has 1 aromatic carbocycles. The molecular formula is C14H18N2O3S. The summed E-state index contributed by atoms with van der Waals surface area (Å²) in [4.78, 5) is 22.4. The number of anilines is 1. The fourth-order valence-electron chi connectivity index (χ4n) is 2.06. The van der Waals surface area contributed by atoms with Crippen LogP contribution in [0.3, 0.4) is 0 Å². The molecule has 6 heteroatoms. The van der Waals surface area contributed by atoms with E-state index in [1.54, 1.807) is 6.07 Å². The number of rotatable bonds is 5. The van der Waals surface area contributed by atoms with E-state index in [4.69, 9.17) is 5.11 Å². The van der Waals surface area contributed by atoms with Gasteiger partial charge in [-0.3, -0.25) is 4.79 Å². The van der Waals surface area contributed by atoms with Crippen molar-refractivity contribution in [3.63, 3.8) is 0 Å². The molecule has 108 valence electrons. The van der Waals surface area contributed by atoms with Crippen molar-refractivity contribution in [2.24, 2.45) is 0 Å².